The van der Waals surface area contributed by atoms with Gasteiger partial charge >= 0.3 is 0 Å². The molecule has 0 aromatic heterocycles. The Kier molecular flexibility index (Phi) is 2.75. The van der Waals surface area contributed by atoms with E-state index in [4.69, 9.17) is 4.74 Å². The van der Waals surface area contributed by atoms with Crippen molar-refractivity contribution in [2.75, 3.05) is 13.2 Å². The van der Waals surface area contributed by atoms with Gasteiger partial charge in [0.05, 0.1) is 5.60 Å². The third-order valence-electron chi connectivity index (χ3n) is 3.58. The summed E-state index contributed by atoms with van der Waals surface area (Å²) < 4.78 is 28.2. The van der Waals surface area contributed by atoms with E-state index >= 15 is 0 Å². The van der Waals surface area contributed by atoms with Crippen molar-refractivity contribution in [3.8, 4) is 0 Å². The molecule has 2 aliphatic carbocycles. The van der Waals surface area contributed by atoms with Crippen LogP contribution in [0.25, 0.3) is 0 Å². The molecule has 0 aromatic carbocycles. The highest BCUT2D eigenvalue weighted by atomic mass is 19.3. The highest BCUT2D eigenvalue weighted by Gasteiger charge is 2.64. The number of hydrogen-bond acceptors (Lipinski definition) is 2. The highest BCUT2D eigenvalue weighted by Crippen LogP contribution is 2.62. The Morgan fingerprint density at radius 2 is 2.00 bits per heavy atom. The average Bonchev–Trinajstić information content (AvgIpc) is 2.53. The molecule has 2 rings (SSSR count). The normalized spacial score (nSPS) is 40.3. The van der Waals surface area contributed by atoms with E-state index in [9.17, 15) is 13.9 Å². The maximum absolute atomic E-state index is 11.7. The van der Waals surface area contributed by atoms with Crippen LogP contribution in [0.5, 0.6) is 0 Å². The third-order valence-corrected chi connectivity index (χ3v) is 3.58. The van der Waals surface area contributed by atoms with Gasteiger partial charge in [-0.05, 0) is 24.7 Å². The lowest BCUT2D eigenvalue weighted by atomic mass is 10.1. The zero-order valence-electron chi connectivity index (χ0n) is 8.09. The molecule has 2 saturated carbocycles. The van der Waals surface area contributed by atoms with Crippen LogP contribution < -0.4 is 0 Å². The second-order valence-electron chi connectivity index (χ2n) is 4.35. The molecule has 2 atom stereocenters. The van der Waals surface area contributed by atoms with Gasteiger partial charge in [-0.1, -0.05) is 6.42 Å². The molecule has 0 bridgehead atoms. The van der Waals surface area contributed by atoms with Crippen molar-refractivity contribution in [1.82, 2.24) is 0 Å². The van der Waals surface area contributed by atoms with Gasteiger partial charge < -0.3 is 9.84 Å². The molecule has 0 aliphatic heterocycles. The molecule has 0 amide bonds. The molecule has 14 heavy (non-hydrogen) atoms. The maximum Gasteiger partial charge on any atom is 0.261 e. The summed E-state index contributed by atoms with van der Waals surface area (Å²) in [4.78, 5) is 0. The Morgan fingerprint density at radius 1 is 1.36 bits per heavy atom. The summed E-state index contributed by atoms with van der Waals surface area (Å²) in [6.07, 6.45) is 1.51. The molecule has 2 unspecified atom stereocenters. The van der Waals surface area contributed by atoms with Crippen molar-refractivity contribution in [1.29, 1.82) is 0 Å². The Labute approximate surface area is 82.3 Å². The summed E-state index contributed by atoms with van der Waals surface area (Å²) in [5.74, 6) is 0.857. The Morgan fingerprint density at radius 3 is 2.57 bits per heavy atom. The van der Waals surface area contributed by atoms with Crippen molar-refractivity contribution >= 4 is 0 Å². The fraction of sp³-hybridized carbons (Fsp3) is 1.00. The first kappa shape index (κ1) is 10.3. The van der Waals surface area contributed by atoms with Crippen molar-refractivity contribution in [2.45, 2.75) is 37.7 Å². The zero-order valence-corrected chi connectivity index (χ0v) is 8.09. The highest BCUT2D eigenvalue weighted by molar-refractivity contribution is 5.14. The minimum absolute atomic E-state index is 0.258. The maximum atomic E-state index is 11.7. The van der Waals surface area contributed by atoms with Crippen LogP contribution in [-0.4, -0.2) is 30.3 Å². The van der Waals surface area contributed by atoms with Crippen LogP contribution in [-0.2, 0) is 4.74 Å². The summed E-state index contributed by atoms with van der Waals surface area (Å²) >= 11 is 0. The predicted molar refractivity (Wildman–Crippen MR) is 47.2 cm³/mol. The van der Waals surface area contributed by atoms with Gasteiger partial charge in [0.1, 0.15) is 6.61 Å². The molecule has 4 heteroatoms. The van der Waals surface area contributed by atoms with Gasteiger partial charge in [0.2, 0.25) is 0 Å². The second kappa shape index (κ2) is 3.74. The molecular formula is C10H16F2O2. The number of hydrogen-bond donors (Lipinski definition) is 1. The molecular weight excluding hydrogens is 190 g/mol. The second-order valence-corrected chi connectivity index (χ2v) is 4.35. The number of halogens is 2. The van der Waals surface area contributed by atoms with Crippen molar-refractivity contribution < 1.29 is 18.6 Å². The van der Waals surface area contributed by atoms with E-state index in [1.807, 2.05) is 0 Å². The Bertz CT molecular complexity index is 198. The van der Waals surface area contributed by atoms with Crippen LogP contribution >= 0.6 is 0 Å². The largest absolute Gasteiger partial charge is 0.389 e. The monoisotopic (exact) mass is 206 g/mol. The smallest absolute Gasteiger partial charge is 0.261 e. The fourth-order valence-electron chi connectivity index (χ4n) is 2.83. The molecule has 0 spiro atoms. The summed E-state index contributed by atoms with van der Waals surface area (Å²) in [5.41, 5.74) is -0.569. The van der Waals surface area contributed by atoms with Crippen LogP contribution in [0.4, 0.5) is 8.78 Å². The minimum Gasteiger partial charge on any atom is -0.389 e. The Balaban J connectivity index is 1.63. The molecule has 0 radical (unpaired) electrons. The van der Waals surface area contributed by atoms with Crippen LogP contribution in [0.2, 0.25) is 0 Å². The van der Waals surface area contributed by atoms with Crippen LogP contribution in [0, 0.1) is 11.8 Å². The first-order valence-electron chi connectivity index (χ1n) is 5.23. The van der Waals surface area contributed by atoms with Crippen LogP contribution in [0.3, 0.4) is 0 Å². The van der Waals surface area contributed by atoms with Crippen molar-refractivity contribution in [3.05, 3.63) is 0 Å². The lowest BCUT2D eigenvalue weighted by Gasteiger charge is -2.13. The lowest BCUT2D eigenvalue weighted by Crippen LogP contribution is -2.19. The third kappa shape index (κ3) is 1.77. The summed E-state index contributed by atoms with van der Waals surface area (Å²) in [5, 5.41) is 10.0. The molecule has 0 saturated heterocycles. The minimum atomic E-state index is -2.40. The van der Waals surface area contributed by atoms with E-state index in [1.54, 1.807) is 0 Å². The molecule has 82 valence electrons. The van der Waals surface area contributed by atoms with Gasteiger partial charge in [-0.3, -0.25) is 0 Å². The molecule has 2 nitrogen and oxygen atoms in total. The van der Waals surface area contributed by atoms with E-state index in [2.05, 4.69) is 0 Å². The van der Waals surface area contributed by atoms with Crippen molar-refractivity contribution in [3.63, 3.8) is 0 Å². The number of rotatable bonds is 5. The van der Waals surface area contributed by atoms with E-state index < -0.39 is 18.6 Å². The quantitative estimate of drug-likeness (QED) is 0.695. The number of fused-ring (bicyclic) bond motifs is 1. The van der Waals surface area contributed by atoms with Gasteiger partial charge in [0.15, 0.2) is 0 Å². The van der Waals surface area contributed by atoms with E-state index in [1.165, 1.54) is 6.42 Å². The van der Waals surface area contributed by atoms with Crippen molar-refractivity contribution in [2.24, 2.45) is 11.8 Å². The van der Waals surface area contributed by atoms with Crippen LogP contribution in [0.15, 0.2) is 0 Å². The SMILES string of the molecule is OC1(CCOCC(F)F)C2CCCC21. The summed E-state index contributed by atoms with van der Waals surface area (Å²) in [6, 6.07) is 0. The van der Waals surface area contributed by atoms with E-state index in [0.717, 1.165) is 12.8 Å². The molecule has 1 N–H and O–H groups in total. The topological polar surface area (TPSA) is 29.5 Å². The molecule has 0 aromatic rings. The first-order chi connectivity index (χ1) is 6.64. The van der Waals surface area contributed by atoms with Gasteiger partial charge in [-0.25, -0.2) is 8.78 Å². The fourth-order valence-corrected chi connectivity index (χ4v) is 2.83. The van der Waals surface area contributed by atoms with E-state index in [-0.39, 0.29) is 6.61 Å². The van der Waals surface area contributed by atoms with Crippen LogP contribution in [0.1, 0.15) is 25.7 Å². The summed E-state index contributed by atoms with van der Waals surface area (Å²) in [7, 11) is 0. The van der Waals surface area contributed by atoms with Gasteiger partial charge in [0, 0.05) is 13.0 Å². The zero-order chi connectivity index (χ0) is 10.2. The number of ether oxygens (including phenoxy) is 1. The molecule has 2 aliphatic rings. The predicted octanol–water partition coefficient (Wildman–Crippen LogP) is 1.82. The van der Waals surface area contributed by atoms with Gasteiger partial charge in [-0.2, -0.15) is 0 Å². The molecule has 2 fully saturated rings. The average molecular weight is 206 g/mol. The van der Waals surface area contributed by atoms with Gasteiger partial charge in [-0.15, -0.1) is 0 Å². The standard InChI is InChI=1S/C10H16F2O2/c11-9(12)6-14-5-4-10(13)7-2-1-3-8(7)10/h7-9,13H,1-6H2. The first-order valence-corrected chi connectivity index (χ1v) is 5.23. The van der Waals surface area contributed by atoms with Gasteiger partial charge in [0.25, 0.3) is 6.43 Å². The summed E-state index contributed by atoms with van der Waals surface area (Å²) in [6.45, 7) is -0.251. The molecule has 0 heterocycles. The number of aliphatic hydroxyl groups is 1. The lowest BCUT2D eigenvalue weighted by molar-refractivity contribution is -0.00522. The van der Waals surface area contributed by atoms with E-state index in [0.29, 0.717) is 18.3 Å². The Hall–Kier alpha value is -0.220. The number of alkyl halides is 2.